The third-order valence-electron chi connectivity index (χ3n) is 4.58. The summed E-state index contributed by atoms with van der Waals surface area (Å²) in [4.78, 5) is 39.5. The molecule has 4 rings (SSSR count). The molecular formula is C20H13ClN2O6S2. The second-order valence-corrected chi connectivity index (χ2v) is 9.86. The number of halogens is 1. The van der Waals surface area contributed by atoms with Crippen LogP contribution in [0.5, 0.6) is 0 Å². The summed E-state index contributed by atoms with van der Waals surface area (Å²) in [5.41, 5.74) is -1.63. The first-order chi connectivity index (χ1) is 14.7. The number of benzene rings is 2. The number of fused-ring (bicyclic) bond motifs is 1. The highest BCUT2D eigenvalue weighted by atomic mass is 35.5. The number of thiophene rings is 1. The molecule has 0 fully saturated rings. The SMILES string of the molecule is O=C(O)c1csc2[nH]c(=O)n(-c3cc(S(=O)(=O)Cc4ccccc4)ccc3Cl)c(=O)c12. The second kappa shape index (κ2) is 7.80. The van der Waals surface area contributed by atoms with Crippen LogP contribution in [0.1, 0.15) is 15.9 Å². The molecule has 11 heteroatoms. The van der Waals surface area contributed by atoms with E-state index in [0.29, 0.717) is 10.1 Å². The molecule has 158 valence electrons. The van der Waals surface area contributed by atoms with Crippen LogP contribution in [0.25, 0.3) is 15.9 Å². The molecule has 2 aromatic heterocycles. The lowest BCUT2D eigenvalue weighted by molar-refractivity contribution is 0.0699. The number of carboxylic acids is 1. The molecule has 0 spiro atoms. The van der Waals surface area contributed by atoms with E-state index in [1.54, 1.807) is 30.3 Å². The van der Waals surface area contributed by atoms with Crippen molar-refractivity contribution in [3.05, 3.63) is 90.9 Å². The molecule has 0 aliphatic rings. The fraction of sp³-hybridized carbons (Fsp3) is 0.0500. The van der Waals surface area contributed by atoms with Crippen LogP contribution in [0.4, 0.5) is 0 Å². The minimum absolute atomic E-state index is 0.0438. The second-order valence-electron chi connectivity index (χ2n) is 6.59. The number of rotatable bonds is 5. The minimum Gasteiger partial charge on any atom is -0.478 e. The van der Waals surface area contributed by atoms with Crippen molar-refractivity contribution < 1.29 is 18.3 Å². The number of sulfone groups is 1. The number of aromatic nitrogens is 2. The van der Waals surface area contributed by atoms with Gasteiger partial charge in [0.1, 0.15) is 4.83 Å². The molecule has 0 saturated heterocycles. The summed E-state index contributed by atoms with van der Waals surface area (Å²) in [7, 11) is -3.82. The van der Waals surface area contributed by atoms with Gasteiger partial charge in [-0.3, -0.25) is 9.78 Å². The Bertz CT molecular complexity index is 1550. The van der Waals surface area contributed by atoms with Gasteiger partial charge in [-0.05, 0) is 23.8 Å². The molecule has 2 N–H and O–H groups in total. The van der Waals surface area contributed by atoms with Crippen LogP contribution in [0.3, 0.4) is 0 Å². The summed E-state index contributed by atoms with van der Waals surface area (Å²) in [5, 5.41) is 10.3. The summed E-state index contributed by atoms with van der Waals surface area (Å²) >= 11 is 7.10. The lowest BCUT2D eigenvalue weighted by Crippen LogP contribution is -2.34. The Kier molecular flexibility index (Phi) is 5.29. The first-order valence-corrected chi connectivity index (χ1v) is 11.7. The molecule has 0 aliphatic heterocycles. The number of H-pyrrole nitrogens is 1. The normalized spacial score (nSPS) is 11.6. The Labute approximate surface area is 183 Å². The molecule has 4 aromatic rings. The summed E-state index contributed by atoms with van der Waals surface area (Å²) in [6.07, 6.45) is 0. The molecule has 0 unspecified atom stereocenters. The maximum atomic E-state index is 13.0. The van der Waals surface area contributed by atoms with Crippen molar-refractivity contribution in [2.24, 2.45) is 0 Å². The quantitative estimate of drug-likeness (QED) is 0.456. The van der Waals surface area contributed by atoms with E-state index in [4.69, 9.17) is 11.6 Å². The number of nitrogens with zero attached hydrogens (tertiary/aromatic N) is 1. The van der Waals surface area contributed by atoms with E-state index >= 15 is 0 Å². The van der Waals surface area contributed by atoms with Gasteiger partial charge >= 0.3 is 11.7 Å². The van der Waals surface area contributed by atoms with E-state index < -0.39 is 27.1 Å². The molecule has 2 heterocycles. The number of carbonyl (C=O) groups is 1. The number of nitrogens with one attached hydrogen (secondary N) is 1. The Morgan fingerprint density at radius 1 is 1.13 bits per heavy atom. The van der Waals surface area contributed by atoms with Crippen LogP contribution in [0, 0.1) is 0 Å². The maximum absolute atomic E-state index is 13.0. The lowest BCUT2D eigenvalue weighted by Gasteiger charge is -2.11. The predicted octanol–water partition coefficient (Wildman–Crippen LogP) is 3.07. The average molecular weight is 477 g/mol. The first kappa shape index (κ1) is 21.0. The number of aromatic amines is 1. The highest BCUT2D eigenvalue weighted by Crippen LogP contribution is 2.26. The van der Waals surface area contributed by atoms with Crippen LogP contribution in [0.15, 0.2) is 68.4 Å². The monoisotopic (exact) mass is 476 g/mol. The summed E-state index contributed by atoms with van der Waals surface area (Å²) in [6.45, 7) is 0. The molecule has 31 heavy (non-hydrogen) atoms. The lowest BCUT2D eigenvalue weighted by atomic mass is 10.2. The fourth-order valence-corrected chi connectivity index (χ4v) is 5.61. The van der Waals surface area contributed by atoms with Gasteiger partial charge in [0.25, 0.3) is 5.56 Å². The van der Waals surface area contributed by atoms with E-state index in [1.165, 1.54) is 17.5 Å². The molecule has 0 saturated carbocycles. The van der Waals surface area contributed by atoms with Crippen molar-refractivity contribution in [1.29, 1.82) is 0 Å². The van der Waals surface area contributed by atoms with Crippen LogP contribution in [0.2, 0.25) is 5.02 Å². The molecule has 2 aromatic carbocycles. The van der Waals surface area contributed by atoms with Gasteiger partial charge in [0.2, 0.25) is 0 Å². The van der Waals surface area contributed by atoms with E-state index in [0.717, 1.165) is 17.4 Å². The third kappa shape index (κ3) is 3.80. The van der Waals surface area contributed by atoms with Gasteiger partial charge in [-0.1, -0.05) is 41.9 Å². The van der Waals surface area contributed by atoms with E-state index in [1.807, 2.05) is 0 Å². The van der Waals surface area contributed by atoms with Crippen molar-refractivity contribution in [3.63, 3.8) is 0 Å². The summed E-state index contributed by atoms with van der Waals surface area (Å²) < 4.78 is 26.4. The van der Waals surface area contributed by atoms with Gasteiger partial charge in [0.15, 0.2) is 9.84 Å². The zero-order valence-corrected chi connectivity index (χ0v) is 17.9. The molecule has 0 amide bonds. The first-order valence-electron chi connectivity index (χ1n) is 8.75. The largest absolute Gasteiger partial charge is 0.478 e. The minimum atomic E-state index is -3.82. The van der Waals surface area contributed by atoms with Crippen molar-refractivity contribution in [2.45, 2.75) is 10.6 Å². The molecule has 0 aliphatic carbocycles. The smallest absolute Gasteiger partial charge is 0.337 e. The van der Waals surface area contributed by atoms with E-state index in [-0.39, 0.29) is 37.1 Å². The van der Waals surface area contributed by atoms with Gasteiger partial charge < -0.3 is 5.11 Å². The molecular weight excluding hydrogens is 464 g/mol. The van der Waals surface area contributed by atoms with Crippen LogP contribution in [-0.2, 0) is 15.6 Å². The molecule has 0 bridgehead atoms. The molecule has 8 nitrogen and oxygen atoms in total. The Morgan fingerprint density at radius 3 is 2.52 bits per heavy atom. The van der Waals surface area contributed by atoms with E-state index in [2.05, 4.69) is 4.98 Å². The number of carboxylic acid groups (broad SMARTS) is 1. The zero-order valence-electron chi connectivity index (χ0n) is 15.5. The Balaban J connectivity index is 1.91. The topological polar surface area (TPSA) is 126 Å². The van der Waals surface area contributed by atoms with Gasteiger partial charge in [-0.2, -0.15) is 0 Å². The van der Waals surface area contributed by atoms with Crippen molar-refractivity contribution in [1.82, 2.24) is 9.55 Å². The highest BCUT2D eigenvalue weighted by molar-refractivity contribution is 7.90. The maximum Gasteiger partial charge on any atom is 0.337 e. The van der Waals surface area contributed by atoms with Gasteiger partial charge in [0, 0.05) is 5.38 Å². The average Bonchev–Trinajstić information content (AvgIpc) is 3.14. The molecule has 0 radical (unpaired) electrons. The van der Waals surface area contributed by atoms with E-state index in [9.17, 15) is 27.9 Å². The fourth-order valence-electron chi connectivity index (χ4n) is 3.13. The number of aromatic carboxylic acids is 1. The van der Waals surface area contributed by atoms with Crippen molar-refractivity contribution in [2.75, 3.05) is 0 Å². The highest BCUT2D eigenvalue weighted by Gasteiger charge is 2.22. The standard InChI is InChI=1S/C20H13ClN2O6S2/c21-14-7-6-12(31(28,29)10-11-4-2-1-3-5-11)8-15(14)23-18(24)16-13(19(25)26)9-30-17(16)22-20(23)27/h1-9H,10H2,(H,22,27)(H,25,26). The number of hydrogen-bond donors (Lipinski definition) is 2. The zero-order chi connectivity index (χ0) is 22.3. The summed E-state index contributed by atoms with van der Waals surface area (Å²) in [6, 6.07) is 12.2. The van der Waals surface area contributed by atoms with Crippen LogP contribution < -0.4 is 11.2 Å². The molecule has 0 atom stereocenters. The van der Waals surface area contributed by atoms with Gasteiger partial charge in [0.05, 0.1) is 32.3 Å². The van der Waals surface area contributed by atoms with Crippen molar-refractivity contribution >= 4 is 49.0 Å². The van der Waals surface area contributed by atoms with Gasteiger partial charge in [-0.25, -0.2) is 22.6 Å². The van der Waals surface area contributed by atoms with Crippen LogP contribution >= 0.6 is 22.9 Å². The van der Waals surface area contributed by atoms with Crippen LogP contribution in [-0.4, -0.2) is 29.0 Å². The number of hydrogen-bond acceptors (Lipinski definition) is 6. The Hall–Kier alpha value is -3.21. The van der Waals surface area contributed by atoms with Crippen molar-refractivity contribution in [3.8, 4) is 5.69 Å². The third-order valence-corrected chi connectivity index (χ3v) is 7.48. The Morgan fingerprint density at radius 2 is 1.84 bits per heavy atom. The van der Waals surface area contributed by atoms with Gasteiger partial charge in [-0.15, -0.1) is 11.3 Å². The summed E-state index contributed by atoms with van der Waals surface area (Å²) in [5.74, 6) is -1.61. The predicted molar refractivity (Wildman–Crippen MR) is 117 cm³/mol.